The van der Waals surface area contributed by atoms with E-state index in [4.69, 9.17) is 0 Å². The highest BCUT2D eigenvalue weighted by Gasteiger charge is 2.40. The van der Waals surface area contributed by atoms with Gasteiger partial charge in [0.25, 0.3) is 0 Å². The van der Waals surface area contributed by atoms with Gasteiger partial charge >= 0.3 is 6.18 Å². The summed E-state index contributed by atoms with van der Waals surface area (Å²) in [5.41, 5.74) is 3.34. The Hall–Kier alpha value is -5.43. The average Bonchev–Trinajstić information content (AvgIpc) is 3.61. The molecule has 0 saturated carbocycles. The fourth-order valence-corrected chi connectivity index (χ4v) is 7.60. The quantitative estimate of drug-likeness (QED) is 0.158. The lowest BCUT2D eigenvalue weighted by Gasteiger charge is -2.25. The minimum atomic E-state index is -4.90. The molecule has 2 aromatic heterocycles. The zero-order chi connectivity index (χ0) is 41.4. The van der Waals surface area contributed by atoms with E-state index in [2.05, 4.69) is 75.3 Å². The van der Waals surface area contributed by atoms with Gasteiger partial charge < -0.3 is 9.13 Å². The Morgan fingerprint density at radius 3 is 1.32 bits per heavy atom. The first-order chi connectivity index (χ1) is 26.5. The Morgan fingerprint density at radius 1 is 0.439 bits per heavy atom. The van der Waals surface area contributed by atoms with Crippen LogP contribution in [0, 0.1) is 17.0 Å². The molecule has 0 atom stereocenters. The number of rotatable bonds is 3. The van der Waals surface area contributed by atoms with Crippen molar-refractivity contribution in [2.75, 3.05) is 0 Å². The zero-order valence-corrected chi connectivity index (χ0v) is 34.3. The average molecular weight is 773 g/mol. The van der Waals surface area contributed by atoms with Crippen molar-refractivity contribution in [3.05, 3.63) is 144 Å². The van der Waals surface area contributed by atoms with Crippen LogP contribution in [0.4, 0.5) is 22.0 Å². The van der Waals surface area contributed by atoms with E-state index in [1.54, 1.807) is 27.3 Å². The van der Waals surface area contributed by atoms with Gasteiger partial charge in [-0.1, -0.05) is 124 Å². The van der Waals surface area contributed by atoms with Crippen LogP contribution in [-0.4, -0.2) is 9.13 Å². The second-order valence-electron chi connectivity index (χ2n) is 18.7. The molecule has 57 heavy (non-hydrogen) atoms. The molecule has 7 heteroatoms. The molecule has 0 radical (unpaired) electrons. The van der Waals surface area contributed by atoms with Gasteiger partial charge in [0.05, 0.1) is 33.4 Å². The topological polar surface area (TPSA) is 9.86 Å². The van der Waals surface area contributed by atoms with Crippen LogP contribution in [0.3, 0.4) is 0 Å². The Bertz CT molecular complexity index is 2790. The maximum Gasteiger partial charge on any atom is 0.420 e. The summed E-state index contributed by atoms with van der Waals surface area (Å²) in [5, 5.41) is 3.20. The Balaban J connectivity index is 0.000000935. The van der Waals surface area contributed by atoms with E-state index in [0.717, 1.165) is 50.9 Å². The monoisotopic (exact) mass is 772 g/mol. The summed E-state index contributed by atoms with van der Waals surface area (Å²) in [6.45, 7) is 21.3. The number of aromatic nitrogens is 2. The SMILES string of the molecule is CC(C)(C)C.CC(C)(C)c1ccc2c(c1)c1ccccc1n2-c1ccc(-c2cc(F)cc(F)c2)c(-n2c3ccccc3c3cc(C(C)(C)C)ccc32)c1C(F)(F)F. The summed E-state index contributed by atoms with van der Waals surface area (Å²) in [5.74, 6) is -1.76. The van der Waals surface area contributed by atoms with Gasteiger partial charge in [-0.15, -0.1) is 0 Å². The molecule has 0 unspecified atom stereocenters. The molecule has 0 bridgehead atoms. The Kier molecular flexibility index (Phi) is 9.70. The summed E-state index contributed by atoms with van der Waals surface area (Å²) >= 11 is 0. The molecule has 8 rings (SSSR count). The van der Waals surface area contributed by atoms with Crippen LogP contribution < -0.4 is 0 Å². The molecular formula is C50H49F5N2. The largest absolute Gasteiger partial charge is 0.420 e. The lowest BCUT2D eigenvalue weighted by molar-refractivity contribution is -0.137. The second-order valence-corrected chi connectivity index (χ2v) is 18.7. The first-order valence-corrected chi connectivity index (χ1v) is 19.3. The van der Waals surface area contributed by atoms with E-state index < -0.39 is 23.4 Å². The van der Waals surface area contributed by atoms with Crippen molar-refractivity contribution in [1.82, 2.24) is 9.13 Å². The number of benzene rings is 6. The van der Waals surface area contributed by atoms with Crippen molar-refractivity contribution in [3.8, 4) is 22.5 Å². The van der Waals surface area contributed by atoms with Gasteiger partial charge in [-0.25, -0.2) is 8.78 Å². The highest BCUT2D eigenvalue weighted by atomic mass is 19.4. The molecule has 6 aromatic carbocycles. The second kappa shape index (κ2) is 13.9. The molecule has 2 nitrogen and oxygen atoms in total. The predicted octanol–water partition coefficient (Wildman–Crippen LogP) is 15.5. The van der Waals surface area contributed by atoms with Crippen molar-refractivity contribution in [2.45, 2.75) is 86.2 Å². The summed E-state index contributed by atoms with van der Waals surface area (Å²) in [6, 6.07) is 32.4. The van der Waals surface area contributed by atoms with Crippen LogP contribution >= 0.6 is 0 Å². The molecular weight excluding hydrogens is 724 g/mol. The van der Waals surface area contributed by atoms with Gasteiger partial charge in [0, 0.05) is 33.2 Å². The van der Waals surface area contributed by atoms with Crippen molar-refractivity contribution < 1.29 is 22.0 Å². The van der Waals surface area contributed by atoms with Gasteiger partial charge in [0.2, 0.25) is 0 Å². The first-order valence-electron chi connectivity index (χ1n) is 19.3. The van der Waals surface area contributed by atoms with Gasteiger partial charge in [-0.2, -0.15) is 13.2 Å². The van der Waals surface area contributed by atoms with E-state index in [-0.39, 0.29) is 33.3 Å². The molecule has 0 N–H and O–H groups in total. The highest BCUT2D eigenvalue weighted by Crippen LogP contribution is 2.48. The van der Waals surface area contributed by atoms with Crippen LogP contribution in [0.25, 0.3) is 66.1 Å². The van der Waals surface area contributed by atoms with Crippen molar-refractivity contribution >= 4 is 43.6 Å². The molecule has 0 aliphatic carbocycles. The van der Waals surface area contributed by atoms with Crippen LogP contribution in [0.2, 0.25) is 0 Å². The molecule has 0 amide bonds. The van der Waals surface area contributed by atoms with E-state index >= 15 is 13.2 Å². The summed E-state index contributed by atoms with van der Waals surface area (Å²) in [6.07, 6.45) is -4.90. The zero-order valence-electron chi connectivity index (χ0n) is 34.3. The maximum absolute atomic E-state index is 16.2. The van der Waals surface area contributed by atoms with E-state index in [9.17, 15) is 8.78 Å². The summed E-state index contributed by atoms with van der Waals surface area (Å²) < 4.78 is 81.7. The van der Waals surface area contributed by atoms with Crippen LogP contribution in [0.1, 0.15) is 85.9 Å². The molecule has 0 saturated heterocycles. The minimum Gasteiger partial charge on any atom is -0.309 e. The molecule has 0 spiro atoms. The number of alkyl halides is 3. The van der Waals surface area contributed by atoms with E-state index in [1.165, 1.54) is 6.07 Å². The molecule has 294 valence electrons. The lowest BCUT2D eigenvalue weighted by atomic mass is 9.86. The molecule has 0 aliphatic heterocycles. The summed E-state index contributed by atoms with van der Waals surface area (Å²) in [4.78, 5) is 0. The van der Waals surface area contributed by atoms with Crippen LogP contribution in [0.5, 0.6) is 0 Å². The predicted molar refractivity (Wildman–Crippen MR) is 228 cm³/mol. The molecule has 0 aliphatic rings. The summed E-state index contributed by atoms with van der Waals surface area (Å²) in [7, 11) is 0. The van der Waals surface area contributed by atoms with E-state index in [1.807, 2.05) is 66.7 Å². The van der Waals surface area contributed by atoms with Crippen molar-refractivity contribution in [1.29, 1.82) is 0 Å². The van der Waals surface area contributed by atoms with Gasteiger partial charge in [-0.3, -0.25) is 0 Å². The standard InChI is InChI=1S/C45H37F5N2.C5H12/c1-43(2,3)27-15-18-38-34(23-27)32-11-7-9-13-36(32)51(38)40-20-17-31(26-21-29(46)25-30(47)22-26)42(41(40)45(48,49)50)52-37-14-10-8-12-33(37)35-24-28(44(4,5)6)16-19-39(35)52;1-5(2,3)4/h7-25H,1-6H3;1-4H3. The number of hydrogen-bond donors (Lipinski definition) is 0. The number of nitrogens with zero attached hydrogens (tertiary/aromatic N) is 2. The first kappa shape index (κ1) is 39.8. The van der Waals surface area contributed by atoms with Gasteiger partial charge in [0.15, 0.2) is 0 Å². The third-order valence-corrected chi connectivity index (χ3v) is 10.2. The third-order valence-electron chi connectivity index (χ3n) is 10.2. The van der Waals surface area contributed by atoms with Crippen molar-refractivity contribution in [2.24, 2.45) is 5.41 Å². The molecule has 8 aromatic rings. The molecule has 0 fully saturated rings. The minimum absolute atomic E-state index is 0.00108. The normalized spacial score (nSPS) is 12.8. The maximum atomic E-state index is 16.2. The number of fused-ring (bicyclic) bond motifs is 6. The smallest absolute Gasteiger partial charge is 0.309 e. The lowest BCUT2D eigenvalue weighted by Crippen LogP contribution is -2.17. The number of para-hydroxylation sites is 2. The molecule has 2 heterocycles. The Morgan fingerprint density at radius 2 is 0.860 bits per heavy atom. The number of hydrogen-bond acceptors (Lipinski definition) is 0. The number of halogens is 5. The van der Waals surface area contributed by atoms with E-state index in [0.29, 0.717) is 27.5 Å². The van der Waals surface area contributed by atoms with Gasteiger partial charge in [-0.05, 0) is 87.5 Å². The van der Waals surface area contributed by atoms with Gasteiger partial charge in [0.1, 0.15) is 17.2 Å². The van der Waals surface area contributed by atoms with Crippen LogP contribution in [0.15, 0.2) is 115 Å². The van der Waals surface area contributed by atoms with Crippen LogP contribution in [-0.2, 0) is 17.0 Å². The fourth-order valence-electron chi connectivity index (χ4n) is 7.60. The fraction of sp³-hybridized carbons (Fsp3) is 0.280. The van der Waals surface area contributed by atoms with Crippen molar-refractivity contribution in [3.63, 3.8) is 0 Å². The third kappa shape index (κ3) is 7.57. The Labute approximate surface area is 331 Å². The highest BCUT2D eigenvalue weighted by molar-refractivity contribution is 6.12.